The van der Waals surface area contributed by atoms with E-state index in [4.69, 9.17) is 22.1 Å². The van der Waals surface area contributed by atoms with Gasteiger partial charge >= 0.3 is 16.8 Å². The molecule has 1 radical (unpaired) electrons. The average molecular weight is 627 g/mol. The Morgan fingerprint density at radius 3 is 1.02 bits per heavy atom. The molecule has 0 amide bonds. The van der Waals surface area contributed by atoms with Crippen molar-refractivity contribution in [1.82, 2.24) is 50.3 Å². The van der Waals surface area contributed by atoms with Gasteiger partial charge in [-0.25, -0.2) is 9.97 Å². The van der Waals surface area contributed by atoms with Gasteiger partial charge in [0.25, 0.3) is 0 Å². The number of hydrogen-bond acceptors (Lipinski definition) is 8. The summed E-state index contributed by atoms with van der Waals surface area (Å²) in [5.41, 5.74) is 30.6. The van der Waals surface area contributed by atoms with Gasteiger partial charge in [-0.2, -0.15) is 10.2 Å². The molecule has 0 saturated carbocycles. The van der Waals surface area contributed by atoms with Crippen LogP contribution in [-0.4, -0.2) is 50.3 Å². The van der Waals surface area contributed by atoms with Crippen molar-refractivity contribution in [2.75, 3.05) is 0 Å². The van der Waals surface area contributed by atoms with Crippen molar-refractivity contribution in [3.05, 3.63) is 130 Å². The summed E-state index contributed by atoms with van der Waals surface area (Å²) in [4.78, 5) is 28.0. The minimum atomic E-state index is 0. The Balaban J connectivity index is 0.000000656. The molecule has 6 rings (SSSR count). The minimum absolute atomic E-state index is 0. The van der Waals surface area contributed by atoms with Crippen molar-refractivity contribution in [2.45, 2.75) is 0 Å². The van der Waals surface area contributed by atoms with E-state index in [9.17, 15) is 0 Å². The number of aromatic nitrogens is 10. The summed E-state index contributed by atoms with van der Waals surface area (Å²) in [6.45, 7) is 0. The molecule has 8 N–H and O–H groups in total. The van der Waals surface area contributed by atoms with Gasteiger partial charge in [0, 0.05) is 71.8 Å². The number of nitrogens with zero attached hydrogens (tertiary/aromatic N) is 14. The number of hydrogen-bond donors (Lipinski definition) is 2. The summed E-state index contributed by atoms with van der Waals surface area (Å²) in [7, 11) is 0. The normalized spacial score (nSPS) is 8.56. The third-order valence-electron chi connectivity index (χ3n) is 4.68. The maximum atomic E-state index is 6.75. The largest absolute Gasteiger partial charge is 2.00 e. The SMILES string of the molecule is [Co+2].[N-]=[N+]=[N-].[N-]=[N+]=[N-].[OH3+].[OH3+].c1cncc(-c2n[nH]c(-c3cccnc3)n2)c1.c1cncc(-c2n[nH]c(-c3cccnc3)n2)c1. The van der Waals surface area contributed by atoms with Crippen molar-refractivity contribution >= 4 is 0 Å². The maximum absolute atomic E-state index is 6.75. The molecule has 19 heteroatoms. The number of pyridine rings is 4. The molecule has 0 aliphatic heterocycles. The molecule has 0 atom stereocenters. The van der Waals surface area contributed by atoms with Crippen LogP contribution in [-0.2, 0) is 27.7 Å². The summed E-state index contributed by atoms with van der Waals surface area (Å²) < 4.78 is 0. The van der Waals surface area contributed by atoms with Gasteiger partial charge < -0.3 is 33.1 Å². The van der Waals surface area contributed by atoms with Crippen molar-refractivity contribution in [2.24, 2.45) is 0 Å². The molecule has 0 bridgehead atoms. The maximum Gasteiger partial charge on any atom is 2.00 e. The molecule has 43 heavy (non-hydrogen) atoms. The fourth-order valence-corrected chi connectivity index (χ4v) is 3.04. The van der Waals surface area contributed by atoms with E-state index >= 15 is 0 Å². The minimum Gasteiger partial charge on any atom is -0.457 e. The van der Waals surface area contributed by atoms with Gasteiger partial charge in [-0.3, -0.25) is 40.0 Å². The average Bonchev–Trinajstić information content (AvgIpc) is 3.72. The van der Waals surface area contributed by atoms with Gasteiger partial charge in [0.05, 0.1) is 0 Å². The van der Waals surface area contributed by atoms with Gasteiger partial charge in [-0.05, 0) is 48.5 Å². The third kappa shape index (κ3) is 11.5. The zero-order valence-corrected chi connectivity index (χ0v) is 23.0. The molecular formula is C24H24CoN16O2+2. The second-order valence-corrected chi connectivity index (χ2v) is 7.16. The molecule has 0 saturated heterocycles. The van der Waals surface area contributed by atoms with Crippen LogP contribution in [0.2, 0.25) is 0 Å². The van der Waals surface area contributed by atoms with Crippen LogP contribution in [0.15, 0.2) is 98.1 Å². The Kier molecular flexibility index (Phi) is 17.8. The van der Waals surface area contributed by atoms with Gasteiger partial charge in [-0.15, -0.1) is 0 Å². The Hall–Kier alpha value is -6.07. The monoisotopic (exact) mass is 627 g/mol. The van der Waals surface area contributed by atoms with E-state index in [2.05, 4.69) is 50.3 Å². The fourth-order valence-electron chi connectivity index (χ4n) is 3.04. The fraction of sp³-hybridized carbons (Fsp3) is 0. The first-order chi connectivity index (χ1) is 19.7. The third-order valence-corrected chi connectivity index (χ3v) is 4.68. The van der Waals surface area contributed by atoms with Crippen molar-refractivity contribution in [1.29, 1.82) is 0 Å². The Labute approximate surface area is 253 Å². The molecule has 0 unspecified atom stereocenters. The van der Waals surface area contributed by atoms with Gasteiger partial charge in [0.1, 0.15) is 0 Å². The quantitative estimate of drug-likeness (QED) is 0.125. The molecular weight excluding hydrogens is 603 g/mol. The van der Waals surface area contributed by atoms with E-state index in [1.165, 1.54) is 9.82 Å². The van der Waals surface area contributed by atoms with E-state index in [0.29, 0.717) is 23.3 Å². The van der Waals surface area contributed by atoms with E-state index in [1.54, 1.807) is 49.6 Å². The second kappa shape index (κ2) is 20.8. The Bertz CT molecular complexity index is 1410. The summed E-state index contributed by atoms with van der Waals surface area (Å²) in [6, 6.07) is 15.1. The smallest absolute Gasteiger partial charge is 0.457 e. The van der Waals surface area contributed by atoms with Crippen molar-refractivity contribution < 1.29 is 27.7 Å². The second-order valence-electron chi connectivity index (χ2n) is 7.16. The summed E-state index contributed by atoms with van der Waals surface area (Å²) in [6.07, 6.45) is 13.8. The van der Waals surface area contributed by atoms with Crippen LogP contribution in [0.1, 0.15) is 0 Å². The summed E-state index contributed by atoms with van der Waals surface area (Å²) >= 11 is 0. The van der Waals surface area contributed by atoms with E-state index < -0.39 is 0 Å². The van der Waals surface area contributed by atoms with E-state index in [-0.39, 0.29) is 27.7 Å². The first-order valence-corrected chi connectivity index (χ1v) is 11.1. The molecule has 0 aliphatic carbocycles. The molecule has 6 aromatic rings. The van der Waals surface area contributed by atoms with Crippen LogP contribution in [0, 0.1) is 0 Å². The predicted molar refractivity (Wildman–Crippen MR) is 156 cm³/mol. The number of H-pyrrole nitrogens is 2. The first kappa shape index (κ1) is 36.9. The van der Waals surface area contributed by atoms with Crippen LogP contribution in [0.3, 0.4) is 0 Å². The standard InChI is InChI=1S/2C12H9N5.Co.2N3.2H2O/c2*1-3-9(7-13-5-1)11-15-12(17-16-11)10-4-2-6-14-8-10;;2*1-3-2;;/h2*1-8H,(H,15,16,17);;;;2*1H2/q;;+2;2*-1;;/p+2. The molecule has 219 valence electrons. The topological polar surface area (TPSA) is 318 Å². The molecule has 18 nitrogen and oxygen atoms in total. The van der Waals surface area contributed by atoms with Gasteiger partial charge in [0.2, 0.25) is 0 Å². The van der Waals surface area contributed by atoms with E-state index in [1.807, 2.05) is 48.5 Å². The molecule has 0 spiro atoms. The van der Waals surface area contributed by atoms with Crippen LogP contribution >= 0.6 is 0 Å². The van der Waals surface area contributed by atoms with Crippen LogP contribution in [0.5, 0.6) is 0 Å². The molecule has 6 heterocycles. The Morgan fingerprint density at radius 1 is 0.488 bits per heavy atom. The predicted octanol–water partition coefficient (Wildman–Crippen LogP) is 3.74. The number of nitrogens with one attached hydrogen (secondary N) is 2. The van der Waals surface area contributed by atoms with Crippen LogP contribution in [0.25, 0.3) is 77.5 Å². The van der Waals surface area contributed by atoms with Crippen molar-refractivity contribution in [3.63, 3.8) is 0 Å². The van der Waals surface area contributed by atoms with Crippen LogP contribution in [0.4, 0.5) is 0 Å². The van der Waals surface area contributed by atoms with Crippen molar-refractivity contribution in [3.8, 4) is 45.6 Å². The zero-order chi connectivity index (χ0) is 28.4. The van der Waals surface area contributed by atoms with Crippen LogP contribution < -0.4 is 0 Å². The first-order valence-electron chi connectivity index (χ1n) is 11.1. The molecule has 0 aliphatic rings. The van der Waals surface area contributed by atoms with Gasteiger partial charge in [0.15, 0.2) is 23.3 Å². The summed E-state index contributed by atoms with van der Waals surface area (Å²) in [5.74, 6) is 2.68. The van der Waals surface area contributed by atoms with E-state index in [0.717, 1.165) is 22.3 Å². The number of rotatable bonds is 4. The molecule has 0 aromatic carbocycles. The Morgan fingerprint density at radius 2 is 0.767 bits per heavy atom. The molecule has 0 fully saturated rings. The number of aromatic amines is 2. The van der Waals surface area contributed by atoms with Gasteiger partial charge in [-0.1, -0.05) is 0 Å². The molecule has 6 aromatic heterocycles. The summed E-state index contributed by atoms with van der Waals surface area (Å²) in [5, 5.41) is 14.1. The zero-order valence-electron chi connectivity index (χ0n) is 22.0.